The number of methoxy groups -OCH3 is 1. The Hall–Kier alpha value is -3.93. The molecule has 0 aliphatic heterocycles. The first-order chi connectivity index (χ1) is 13.8. The van der Waals surface area contributed by atoms with E-state index in [9.17, 15) is 0 Å². The van der Waals surface area contributed by atoms with Gasteiger partial charge in [-0.25, -0.2) is 9.98 Å². The van der Waals surface area contributed by atoms with Crippen LogP contribution in [0.1, 0.15) is 11.4 Å². The summed E-state index contributed by atoms with van der Waals surface area (Å²) in [5, 5.41) is 4.33. The standard InChI is InChI=1S/C22H19N5O/c1-28-18-13-11-16(12-14-18)15-23-27-22(24-17-7-3-2-4-8-17)21-25-19-9-5-6-10-20(19)26-21/h2-15H,1H3,(H,24,27)(H,25,26)/b23-15-. The molecular formula is C22H19N5O. The highest BCUT2D eigenvalue weighted by molar-refractivity contribution is 6.00. The highest BCUT2D eigenvalue weighted by atomic mass is 16.5. The Balaban J connectivity index is 1.62. The monoisotopic (exact) mass is 369 g/mol. The number of benzene rings is 3. The van der Waals surface area contributed by atoms with E-state index < -0.39 is 0 Å². The summed E-state index contributed by atoms with van der Waals surface area (Å²) >= 11 is 0. The lowest BCUT2D eigenvalue weighted by Gasteiger charge is -2.03. The second-order valence-corrected chi connectivity index (χ2v) is 6.04. The average Bonchev–Trinajstić information content (AvgIpc) is 3.18. The summed E-state index contributed by atoms with van der Waals surface area (Å²) in [7, 11) is 1.64. The molecular weight excluding hydrogens is 350 g/mol. The molecule has 0 bridgehead atoms. The Labute approximate surface area is 162 Å². The number of para-hydroxylation sites is 3. The minimum atomic E-state index is 0.534. The third kappa shape index (κ3) is 4.07. The molecule has 0 aliphatic carbocycles. The van der Waals surface area contributed by atoms with Gasteiger partial charge < -0.3 is 9.72 Å². The number of aromatic nitrogens is 2. The van der Waals surface area contributed by atoms with Gasteiger partial charge >= 0.3 is 0 Å². The van der Waals surface area contributed by atoms with Crippen LogP contribution < -0.4 is 10.2 Å². The van der Waals surface area contributed by atoms with Gasteiger partial charge in [-0.2, -0.15) is 5.10 Å². The topological polar surface area (TPSA) is 74.7 Å². The second-order valence-electron chi connectivity index (χ2n) is 6.04. The van der Waals surface area contributed by atoms with Gasteiger partial charge in [-0.3, -0.25) is 5.43 Å². The maximum atomic E-state index is 5.17. The molecule has 0 aliphatic rings. The number of aromatic amines is 1. The van der Waals surface area contributed by atoms with Crippen molar-refractivity contribution in [1.29, 1.82) is 0 Å². The second kappa shape index (κ2) is 8.18. The summed E-state index contributed by atoms with van der Waals surface area (Å²) in [5.74, 6) is 1.96. The van der Waals surface area contributed by atoms with Crippen molar-refractivity contribution in [2.24, 2.45) is 10.1 Å². The van der Waals surface area contributed by atoms with E-state index in [0.29, 0.717) is 11.7 Å². The fourth-order valence-corrected chi connectivity index (χ4v) is 2.69. The smallest absolute Gasteiger partial charge is 0.190 e. The van der Waals surface area contributed by atoms with E-state index in [1.165, 1.54) is 0 Å². The minimum absolute atomic E-state index is 0.534. The predicted octanol–water partition coefficient (Wildman–Crippen LogP) is 4.27. The number of nitrogens with one attached hydrogen (secondary N) is 2. The summed E-state index contributed by atoms with van der Waals surface area (Å²) in [6.45, 7) is 0. The van der Waals surface area contributed by atoms with Gasteiger partial charge in [0.25, 0.3) is 0 Å². The van der Waals surface area contributed by atoms with Crippen LogP contribution in [0.4, 0.5) is 5.69 Å². The first-order valence-electron chi connectivity index (χ1n) is 8.84. The van der Waals surface area contributed by atoms with Crippen molar-refractivity contribution in [3.63, 3.8) is 0 Å². The van der Waals surface area contributed by atoms with Gasteiger partial charge in [0.2, 0.25) is 0 Å². The SMILES string of the molecule is COc1ccc(/C=N\NC(=Nc2ccccc2)c2nc3ccccc3[nH]2)cc1. The number of H-pyrrole nitrogens is 1. The Morgan fingerprint density at radius 1 is 0.964 bits per heavy atom. The molecule has 0 atom stereocenters. The van der Waals surface area contributed by atoms with Crippen molar-refractivity contribution in [1.82, 2.24) is 15.4 Å². The van der Waals surface area contributed by atoms with E-state index in [4.69, 9.17) is 4.74 Å². The number of rotatable bonds is 5. The molecule has 6 heteroatoms. The van der Waals surface area contributed by atoms with Crippen molar-refractivity contribution < 1.29 is 4.74 Å². The molecule has 1 heterocycles. The number of aliphatic imine (C=N–C) groups is 1. The van der Waals surface area contributed by atoms with E-state index in [2.05, 4.69) is 25.5 Å². The van der Waals surface area contributed by atoms with Crippen molar-refractivity contribution in [2.45, 2.75) is 0 Å². The van der Waals surface area contributed by atoms with Gasteiger partial charge in [-0.05, 0) is 54.1 Å². The van der Waals surface area contributed by atoms with Gasteiger partial charge in [0, 0.05) is 0 Å². The fourth-order valence-electron chi connectivity index (χ4n) is 2.69. The Kier molecular flexibility index (Phi) is 5.11. The van der Waals surface area contributed by atoms with Crippen molar-refractivity contribution in [3.05, 3.63) is 90.3 Å². The molecule has 0 spiro atoms. The molecule has 1 aromatic heterocycles. The number of imidazole rings is 1. The van der Waals surface area contributed by atoms with Crippen LogP contribution in [-0.2, 0) is 0 Å². The van der Waals surface area contributed by atoms with Crippen LogP contribution in [-0.4, -0.2) is 29.1 Å². The largest absolute Gasteiger partial charge is 0.497 e. The van der Waals surface area contributed by atoms with Crippen LogP contribution in [0.2, 0.25) is 0 Å². The van der Waals surface area contributed by atoms with Gasteiger partial charge in [0.05, 0.1) is 30.0 Å². The zero-order valence-electron chi connectivity index (χ0n) is 15.3. The van der Waals surface area contributed by atoms with E-state index >= 15 is 0 Å². The molecule has 0 saturated carbocycles. The van der Waals surface area contributed by atoms with Crippen LogP contribution in [0.3, 0.4) is 0 Å². The molecule has 0 amide bonds. The lowest BCUT2D eigenvalue weighted by atomic mass is 10.2. The van der Waals surface area contributed by atoms with E-state index in [0.717, 1.165) is 28.0 Å². The van der Waals surface area contributed by atoms with Crippen molar-refractivity contribution in [3.8, 4) is 5.75 Å². The number of hydrazone groups is 1. The molecule has 0 saturated heterocycles. The van der Waals surface area contributed by atoms with Crippen molar-refractivity contribution >= 4 is 28.8 Å². The third-order valence-corrected chi connectivity index (χ3v) is 4.11. The van der Waals surface area contributed by atoms with Crippen LogP contribution in [0.5, 0.6) is 5.75 Å². The Morgan fingerprint density at radius 3 is 2.46 bits per heavy atom. The molecule has 0 radical (unpaired) electrons. The summed E-state index contributed by atoms with van der Waals surface area (Å²) < 4.78 is 5.17. The molecule has 2 N–H and O–H groups in total. The Bertz CT molecular complexity index is 1080. The minimum Gasteiger partial charge on any atom is -0.497 e. The quantitative estimate of drug-likeness (QED) is 0.313. The average molecular weight is 369 g/mol. The molecule has 0 fully saturated rings. The van der Waals surface area contributed by atoms with Gasteiger partial charge in [0.1, 0.15) is 5.75 Å². The molecule has 6 nitrogen and oxygen atoms in total. The number of nitrogens with zero attached hydrogens (tertiary/aromatic N) is 3. The maximum absolute atomic E-state index is 5.17. The molecule has 4 aromatic rings. The van der Waals surface area contributed by atoms with E-state index in [1.807, 2.05) is 78.9 Å². The zero-order valence-corrected chi connectivity index (χ0v) is 15.3. The molecule has 138 valence electrons. The highest BCUT2D eigenvalue weighted by Gasteiger charge is 2.09. The summed E-state index contributed by atoms with van der Waals surface area (Å²) in [4.78, 5) is 12.6. The first kappa shape index (κ1) is 17.5. The maximum Gasteiger partial charge on any atom is 0.190 e. The number of hydrogen-bond donors (Lipinski definition) is 2. The lowest BCUT2D eigenvalue weighted by molar-refractivity contribution is 0.415. The summed E-state index contributed by atoms with van der Waals surface area (Å²) in [5.41, 5.74) is 6.59. The highest BCUT2D eigenvalue weighted by Crippen LogP contribution is 2.15. The van der Waals surface area contributed by atoms with Gasteiger partial charge in [-0.1, -0.05) is 30.3 Å². The Morgan fingerprint density at radius 2 is 1.71 bits per heavy atom. The van der Waals surface area contributed by atoms with Crippen molar-refractivity contribution in [2.75, 3.05) is 7.11 Å². The zero-order chi connectivity index (χ0) is 19.2. The number of fused-ring (bicyclic) bond motifs is 1. The van der Waals surface area contributed by atoms with Crippen LogP contribution >= 0.6 is 0 Å². The van der Waals surface area contributed by atoms with E-state index in [-0.39, 0.29) is 0 Å². The normalized spacial score (nSPS) is 11.8. The molecule has 3 aromatic carbocycles. The molecule has 28 heavy (non-hydrogen) atoms. The predicted molar refractivity (Wildman–Crippen MR) is 112 cm³/mol. The van der Waals surface area contributed by atoms with Crippen LogP contribution in [0.15, 0.2) is 89.0 Å². The number of amidine groups is 1. The van der Waals surface area contributed by atoms with Crippen LogP contribution in [0.25, 0.3) is 11.0 Å². The number of ether oxygens (including phenoxy) is 1. The molecule has 4 rings (SSSR count). The third-order valence-electron chi connectivity index (χ3n) is 4.11. The van der Waals surface area contributed by atoms with Gasteiger partial charge in [0.15, 0.2) is 11.7 Å². The summed E-state index contributed by atoms with van der Waals surface area (Å²) in [6.07, 6.45) is 1.72. The first-order valence-corrected chi connectivity index (χ1v) is 8.84. The number of hydrogen-bond acceptors (Lipinski definition) is 4. The van der Waals surface area contributed by atoms with E-state index in [1.54, 1.807) is 13.3 Å². The van der Waals surface area contributed by atoms with Gasteiger partial charge in [-0.15, -0.1) is 0 Å². The lowest BCUT2D eigenvalue weighted by Crippen LogP contribution is -2.20. The van der Waals surface area contributed by atoms with Crippen LogP contribution in [0, 0.1) is 0 Å². The fraction of sp³-hybridized carbons (Fsp3) is 0.0455. The molecule has 0 unspecified atom stereocenters. The summed E-state index contributed by atoms with van der Waals surface area (Å²) in [6, 6.07) is 25.2.